The fourth-order valence-electron chi connectivity index (χ4n) is 4.30. The smallest absolute Gasteiger partial charge is 0.255 e. The van der Waals surface area contributed by atoms with Crippen LogP contribution in [0.5, 0.6) is 0 Å². The van der Waals surface area contributed by atoms with Gasteiger partial charge in [0.05, 0.1) is 6.61 Å². The Kier molecular flexibility index (Phi) is 4.06. The number of nitrogens with zero attached hydrogens (tertiary/aromatic N) is 2. The van der Waals surface area contributed by atoms with E-state index < -0.39 is 0 Å². The first-order valence-corrected chi connectivity index (χ1v) is 8.94. The molecular formula is C19H25N3O2. The van der Waals surface area contributed by atoms with Crippen LogP contribution in [0, 0.1) is 0 Å². The van der Waals surface area contributed by atoms with Crippen LogP contribution in [-0.4, -0.2) is 53.3 Å². The first-order valence-electron chi connectivity index (χ1n) is 8.94. The SMILES string of the molecule is CC(CO)N1CCC(N2CCc3c[nH]c(=O)c4cccc2c34)CC1. The van der Waals surface area contributed by atoms with Gasteiger partial charge < -0.3 is 15.0 Å². The molecule has 2 aromatic rings. The van der Waals surface area contributed by atoms with Gasteiger partial charge in [0.1, 0.15) is 0 Å². The maximum atomic E-state index is 12.2. The van der Waals surface area contributed by atoms with Gasteiger partial charge in [-0.05, 0) is 43.9 Å². The van der Waals surface area contributed by atoms with Crippen LogP contribution < -0.4 is 10.5 Å². The molecule has 0 amide bonds. The zero-order valence-corrected chi connectivity index (χ0v) is 14.2. The van der Waals surface area contributed by atoms with Gasteiger partial charge in [0, 0.05) is 54.4 Å². The molecule has 5 heteroatoms. The number of aliphatic hydroxyl groups excluding tert-OH is 1. The highest BCUT2D eigenvalue weighted by Gasteiger charge is 2.30. The standard InChI is InChI=1S/C19H25N3O2/c1-13(12-23)21-8-6-15(7-9-21)22-10-5-14-11-20-19(24)16-3-2-4-17(22)18(14)16/h2-4,11,13,15,23H,5-10,12H2,1H3,(H,20,24). The summed E-state index contributed by atoms with van der Waals surface area (Å²) in [7, 11) is 0. The average molecular weight is 327 g/mol. The van der Waals surface area contributed by atoms with Crippen molar-refractivity contribution >= 4 is 16.5 Å². The van der Waals surface area contributed by atoms with Gasteiger partial charge in [-0.3, -0.25) is 9.69 Å². The Morgan fingerprint density at radius 1 is 1.29 bits per heavy atom. The van der Waals surface area contributed by atoms with Crippen molar-refractivity contribution in [1.82, 2.24) is 9.88 Å². The van der Waals surface area contributed by atoms with Gasteiger partial charge in [0.25, 0.3) is 5.56 Å². The first-order chi connectivity index (χ1) is 11.7. The molecule has 128 valence electrons. The van der Waals surface area contributed by atoms with E-state index in [1.165, 1.54) is 11.3 Å². The van der Waals surface area contributed by atoms with Crippen molar-refractivity contribution in [3.8, 4) is 0 Å². The van der Waals surface area contributed by atoms with Crippen molar-refractivity contribution in [3.05, 3.63) is 40.3 Å². The number of hydrogen-bond donors (Lipinski definition) is 2. The molecule has 0 aliphatic carbocycles. The lowest BCUT2D eigenvalue weighted by Crippen LogP contribution is -2.49. The second-order valence-corrected chi connectivity index (χ2v) is 7.08. The quantitative estimate of drug-likeness (QED) is 0.901. The van der Waals surface area contributed by atoms with Gasteiger partial charge in [-0.2, -0.15) is 0 Å². The third-order valence-corrected chi connectivity index (χ3v) is 5.74. The number of aliphatic hydroxyl groups is 1. The summed E-state index contributed by atoms with van der Waals surface area (Å²) in [5, 5.41) is 11.3. The summed E-state index contributed by atoms with van der Waals surface area (Å²) < 4.78 is 0. The molecule has 3 heterocycles. The van der Waals surface area contributed by atoms with Crippen molar-refractivity contribution in [2.24, 2.45) is 0 Å². The van der Waals surface area contributed by atoms with Crippen molar-refractivity contribution < 1.29 is 5.11 Å². The molecule has 24 heavy (non-hydrogen) atoms. The van der Waals surface area contributed by atoms with E-state index in [2.05, 4.69) is 27.8 Å². The van der Waals surface area contributed by atoms with Crippen molar-refractivity contribution in [1.29, 1.82) is 0 Å². The summed E-state index contributed by atoms with van der Waals surface area (Å²) in [5.41, 5.74) is 2.47. The minimum absolute atomic E-state index is 0.00374. The van der Waals surface area contributed by atoms with Crippen LogP contribution in [0.1, 0.15) is 25.3 Å². The van der Waals surface area contributed by atoms with Crippen LogP contribution in [0.15, 0.2) is 29.2 Å². The maximum absolute atomic E-state index is 12.2. The minimum atomic E-state index is 0.00374. The van der Waals surface area contributed by atoms with Crippen LogP contribution >= 0.6 is 0 Å². The summed E-state index contributed by atoms with van der Waals surface area (Å²) in [6.45, 7) is 5.38. The van der Waals surface area contributed by atoms with Crippen LogP contribution in [0.2, 0.25) is 0 Å². The van der Waals surface area contributed by atoms with E-state index in [-0.39, 0.29) is 18.2 Å². The predicted molar refractivity (Wildman–Crippen MR) is 96.8 cm³/mol. The fourth-order valence-corrected chi connectivity index (χ4v) is 4.30. The Morgan fingerprint density at radius 2 is 2.08 bits per heavy atom. The largest absolute Gasteiger partial charge is 0.395 e. The monoisotopic (exact) mass is 327 g/mol. The molecule has 1 saturated heterocycles. The molecule has 0 bridgehead atoms. The van der Waals surface area contributed by atoms with E-state index in [0.29, 0.717) is 6.04 Å². The van der Waals surface area contributed by atoms with Gasteiger partial charge in [0.2, 0.25) is 0 Å². The fraction of sp³-hybridized carbons (Fsp3) is 0.526. The molecular weight excluding hydrogens is 302 g/mol. The highest BCUT2D eigenvalue weighted by Crippen LogP contribution is 2.35. The number of nitrogens with one attached hydrogen (secondary N) is 1. The van der Waals surface area contributed by atoms with Gasteiger partial charge in [-0.25, -0.2) is 0 Å². The zero-order valence-electron chi connectivity index (χ0n) is 14.2. The number of benzene rings is 1. The van der Waals surface area contributed by atoms with E-state index >= 15 is 0 Å². The lowest BCUT2D eigenvalue weighted by molar-refractivity contribution is 0.108. The number of aromatic nitrogens is 1. The predicted octanol–water partition coefficient (Wildman–Crippen LogP) is 1.74. The third kappa shape index (κ3) is 2.52. The number of piperidine rings is 1. The van der Waals surface area contributed by atoms with Gasteiger partial charge >= 0.3 is 0 Å². The number of pyridine rings is 1. The molecule has 2 aliphatic rings. The molecule has 0 saturated carbocycles. The molecule has 5 nitrogen and oxygen atoms in total. The van der Waals surface area contributed by atoms with Crippen molar-refractivity contribution in [2.45, 2.75) is 38.3 Å². The lowest BCUT2D eigenvalue weighted by atomic mass is 9.94. The third-order valence-electron chi connectivity index (χ3n) is 5.74. The van der Waals surface area contributed by atoms with Crippen LogP contribution in [-0.2, 0) is 6.42 Å². The van der Waals surface area contributed by atoms with Crippen molar-refractivity contribution in [3.63, 3.8) is 0 Å². The van der Waals surface area contributed by atoms with E-state index in [0.717, 1.165) is 49.7 Å². The molecule has 4 rings (SSSR count). The Hall–Kier alpha value is -1.85. The van der Waals surface area contributed by atoms with E-state index in [1.54, 1.807) is 0 Å². The minimum Gasteiger partial charge on any atom is -0.395 e. The summed E-state index contributed by atoms with van der Waals surface area (Å²) in [4.78, 5) is 19.9. The maximum Gasteiger partial charge on any atom is 0.255 e. The van der Waals surface area contributed by atoms with Crippen LogP contribution in [0.3, 0.4) is 0 Å². The number of rotatable bonds is 3. The number of anilines is 1. The van der Waals surface area contributed by atoms with Crippen molar-refractivity contribution in [2.75, 3.05) is 31.1 Å². The van der Waals surface area contributed by atoms with Crippen LogP contribution in [0.4, 0.5) is 5.69 Å². The molecule has 2 N–H and O–H groups in total. The molecule has 1 fully saturated rings. The molecule has 1 unspecified atom stereocenters. The summed E-state index contributed by atoms with van der Waals surface area (Å²) >= 11 is 0. The molecule has 0 radical (unpaired) electrons. The van der Waals surface area contributed by atoms with Gasteiger partial charge in [-0.15, -0.1) is 0 Å². The molecule has 1 aromatic heterocycles. The topological polar surface area (TPSA) is 59.6 Å². The lowest BCUT2D eigenvalue weighted by Gasteiger charge is -2.43. The Balaban J connectivity index is 1.63. The van der Waals surface area contributed by atoms with E-state index in [1.807, 2.05) is 18.3 Å². The average Bonchev–Trinajstić information content (AvgIpc) is 2.64. The van der Waals surface area contributed by atoms with E-state index in [9.17, 15) is 9.90 Å². The normalized spacial score (nSPS) is 20.5. The number of hydrogen-bond acceptors (Lipinski definition) is 4. The Bertz CT molecular complexity index is 793. The molecule has 0 spiro atoms. The Labute approximate surface area is 141 Å². The highest BCUT2D eigenvalue weighted by atomic mass is 16.3. The number of likely N-dealkylation sites (tertiary alicyclic amines) is 1. The van der Waals surface area contributed by atoms with Crippen LogP contribution in [0.25, 0.3) is 10.8 Å². The summed E-state index contributed by atoms with van der Waals surface area (Å²) in [5.74, 6) is 0. The second-order valence-electron chi connectivity index (χ2n) is 7.08. The summed E-state index contributed by atoms with van der Waals surface area (Å²) in [6, 6.07) is 6.85. The zero-order chi connectivity index (χ0) is 16.7. The summed E-state index contributed by atoms with van der Waals surface area (Å²) in [6.07, 6.45) is 5.09. The van der Waals surface area contributed by atoms with Gasteiger partial charge in [0.15, 0.2) is 0 Å². The number of aromatic amines is 1. The molecule has 2 aliphatic heterocycles. The number of H-pyrrole nitrogens is 1. The second kappa shape index (κ2) is 6.22. The highest BCUT2D eigenvalue weighted by molar-refractivity contribution is 5.97. The van der Waals surface area contributed by atoms with E-state index in [4.69, 9.17) is 0 Å². The first kappa shape index (κ1) is 15.7. The molecule has 1 aromatic carbocycles. The molecule has 1 atom stereocenters. The van der Waals surface area contributed by atoms with Gasteiger partial charge in [-0.1, -0.05) is 6.07 Å². The Morgan fingerprint density at radius 3 is 2.83 bits per heavy atom.